The van der Waals surface area contributed by atoms with Crippen LogP contribution in [-0.2, 0) is 9.84 Å². The molecule has 0 saturated heterocycles. The highest BCUT2D eigenvalue weighted by atomic mass is 32.2. The molecule has 0 aliphatic heterocycles. The fourth-order valence-corrected chi connectivity index (χ4v) is 2.10. The van der Waals surface area contributed by atoms with Gasteiger partial charge in [-0.2, -0.15) is 19.5 Å². The van der Waals surface area contributed by atoms with E-state index >= 15 is 0 Å². The maximum atomic E-state index is 11.5. The number of ether oxygens (including phenoxy) is 1. The molecule has 0 bridgehead atoms. The van der Waals surface area contributed by atoms with Gasteiger partial charge in [0.05, 0.1) is 19.5 Å². The normalized spacial score (nSPS) is 11.7. The number of hydrogen-bond donors (Lipinski definition) is 1. The summed E-state index contributed by atoms with van der Waals surface area (Å²) in [7, 11) is -2.14. The number of aromatic nitrogens is 7. The summed E-state index contributed by atoms with van der Waals surface area (Å²) in [6, 6.07) is 0. The van der Waals surface area contributed by atoms with Gasteiger partial charge in [0.1, 0.15) is 5.69 Å². The average molecular weight is 322 g/mol. The third-order valence-corrected chi connectivity index (χ3v) is 3.46. The predicted molar refractivity (Wildman–Crippen MR) is 73.7 cm³/mol. The van der Waals surface area contributed by atoms with Gasteiger partial charge < -0.3 is 10.5 Å². The highest BCUT2D eigenvalue weighted by Crippen LogP contribution is 2.16. The van der Waals surface area contributed by atoms with Gasteiger partial charge in [-0.3, -0.25) is 0 Å². The maximum Gasteiger partial charge on any atom is 0.258 e. The summed E-state index contributed by atoms with van der Waals surface area (Å²) in [4.78, 5) is 19.7. The van der Waals surface area contributed by atoms with Gasteiger partial charge in [-0.15, -0.1) is 5.10 Å². The van der Waals surface area contributed by atoms with E-state index in [9.17, 15) is 8.42 Å². The Morgan fingerprint density at radius 2 is 1.95 bits per heavy atom. The summed E-state index contributed by atoms with van der Waals surface area (Å²) in [5, 5.41) is 3.66. The zero-order valence-electron chi connectivity index (χ0n) is 11.5. The average Bonchev–Trinajstić information content (AvgIpc) is 2.91. The van der Waals surface area contributed by atoms with Crippen molar-refractivity contribution < 1.29 is 13.2 Å². The van der Waals surface area contributed by atoms with Crippen LogP contribution >= 0.6 is 0 Å². The van der Waals surface area contributed by atoms with Crippen LogP contribution in [0.4, 0.5) is 5.95 Å². The highest BCUT2D eigenvalue weighted by Gasteiger charge is 2.18. The number of nitrogen functional groups attached to an aromatic ring is 1. The van der Waals surface area contributed by atoms with Crippen molar-refractivity contribution in [3.8, 4) is 17.4 Å². The number of rotatable bonds is 3. The number of sulfone groups is 1. The van der Waals surface area contributed by atoms with Crippen molar-refractivity contribution in [1.82, 2.24) is 34.5 Å². The Bertz CT molecular complexity index is 950. The summed E-state index contributed by atoms with van der Waals surface area (Å²) >= 11 is 0. The van der Waals surface area contributed by atoms with Gasteiger partial charge in [0.15, 0.2) is 0 Å². The first-order valence-corrected chi connectivity index (χ1v) is 7.74. The zero-order valence-corrected chi connectivity index (χ0v) is 12.3. The van der Waals surface area contributed by atoms with E-state index in [1.54, 1.807) is 0 Å². The standard InChI is InChI=1S/C10H10N8O3S/c1-21-6-4-12-5(3-13-6)7-14-9-16-10(22(2,19)20)15-8(11)18(9)17-7/h3-4H,1-2H3,(H2,11,14,15,16,17). The Labute approximate surface area is 124 Å². The van der Waals surface area contributed by atoms with Crippen molar-refractivity contribution in [2.75, 3.05) is 19.1 Å². The molecular formula is C10H10N8O3S. The molecule has 0 radical (unpaired) electrons. The minimum atomic E-state index is -3.61. The van der Waals surface area contributed by atoms with Gasteiger partial charge >= 0.3 is 0 Å². The third-order valence-electron chi connectivity index (χ3n) is 2.61. The summed E-state index contributed by atoms with van der Waals surface area (Å²) in [5.74, 6) is 0.374. The Morgan fingerprint density at radius 3 is 2.55 bits per heavy atom. The number of nitrogens with two attached hydrogens (primary N) is 1. The molecule has 0 aliphatic rings. The van der Waals surface area contributed by atoms with Crippen LogP contribution in [0.1, 0.15) is 0 Å². The molecule has 22 heavy (non-hydrogen) atoms. The summed E-state index contributed by atoms with van der Waals surface area (Å²) in [6.07, 6.45) is 3.79. The van der Waals surface area contributed by atoms with Gasteiger partial charge in [-0.05, 0) is 0 Å². The van der Waals surface area contributed by atoms with Crippen molar-refractivity contribution in [2.45, 2.75) is 5.16 Å². The van der Waals surface area contributed by atoms with E-state index < -0.39 is 15.0 Å². The van der Waals surface area contributed by atoms with E-state index in [0.29, 0.717) is 11.6 Å². The molecule has 0 spiro atoms. The molecule has 0 saturated carbocycles. The molecule has 3 heterocycles. The molecule has 0 aliphatic carbocycles. The van der Waals surface area contributed by atoms with Crippen LogP contribution in [0.15, 0.2) is 17.6 Å². The summed E-state index contributed by atoms with van der Waals surface area (Å²) in [6.45, 7) is 0. The first kappa shape index (κ1) is 14.1. The Kier molecular flexibility index (Phi) is 3.09. The van der Waals surface area contributed by atoms with E-state index in [2.05, 4.69) is 30.0 Å². The molecule has 3 aromatic heterocycles. The molecule has 0 amide bonds. The molecule has 3 aromatic rings. The molecule has 3 rings (SSSR count). The molecule has 114 valence electrons. The number of fused-ring (bicyclic) bond motifs is 1. The van der Waals surface area contributed by atoms with Crippen molar-refractivity contribution in [3.05, 3.63) is 12.4 Å². The molecular weight excluding hydrogens is 312 g/mol. The molecule has 11 nitrogen and oxygen atoms in total. The lowest BCUT2D eigenvalue weighted by Gasteiger charge is -1.99. The smallest absolute Gasteiger partial charge is 0.258 e. The Morgan fingerprint density at radius 1 is 1.18 bits per heavy atom. The van der Waals surface area contributed by atoms with Crippen molar-refractivity contribution in [1.29, 1.82) is 0 Å². The topological polar surface area (TPSA) is 151 Å². The first-order valence-electron chi connectivity index (χ1n) is 5.85. The van der Waals surface area contributed by atoms with Crippen LogP contribution in [-0.4, -0.2) is 56.3 Å². The minimum Gasteiger partial charge on any atom is -0.480 e. The van der Waals surface area contributed by atoms with E-state index in [1.165, 1.54) is 19.5 Å². The van der Waals surface area contributed by atoms with Gasteiger partial charge in [0, 0.05) is 6.26 Å². The van der Waals surface area contributed by atoms with Crippen LogP contribution in [0.25, 0.3) is 17.3 Å². The fourth-order valence-electron chi connectivity index (χ4n) is 1.60. The van der Waals surface area contributed by atoms with E-state index in [1.807, 2.05) is 0 Å². The Balaban J connectivity index is 2.14. The molecule has 0 fully saturated rings. The first-order chi connectivity index (χ1) is 10.4. The van der Waals surface area contributed by atoms with E-state index in [4.69, 9.17) is 10.5 Å². The number of methoxy groups -OCH3 is 1. The van der Waals surface area contributed by atoms with Gasteiger partial charge in [-0.1, -0.05) is 0 Å². The van der Waals surface area contributed by atoms with Gasteiger partial charge in [0.2, 0.25) is 27.5 Å². The lowest BCUT2D eigenvalue weighted by molar-refractivity contribution is 0.396. The van der Waals surface area contributed by atoms with Crippen molar-refractivity contribution in [3.63, 3.8) is 0 Å². The van der Waals surface area contributed by atoms with Crippen LogP contribution in [0.5, 0.6) is 5.88 Å². The zero-order chi connectivity index (χ0) is 15.9. The minimum absolute atomic E-state index is 0.000503. The van der Waals surface area contributed by atoms with Crippen LogP contribution in [0.2, 0.25) is 0 Å². The molecule has 12 heteroatoms. The van der Waals surface area contributed by atoms with Crippen molar-refractivity contribution >= 4 is 21.6 Å². The van der Waals surface area contributed by atoms with Gasteiger partial charge in [0.25, 0.3) is 10.9 Å². The quantitative estimate of drug-likeness (QED) is 0.633. The van der Waals surface area contributed by atoms with E-state index in [-0.39, 0.29) is 17.6 Å². The fraction of sp³-hybridized carbons (Fsp3) is 0.200. The summed E-state index contributed by atoms with van der Waals surface area (Å²) in [5.41, 5.74) is 6.03. The third kappa shape index (κ3) is 2.39. The largest absolute Gasteiger partial charge is 0.480 e. The maximum absolute atomic E-state index is 11.5. The second-order valence-electron chi connectivity index (χ2n) is 4.23. The predicted octanol–water partition coefficient (Wildman–Crippen LogP) is -1.03. The number of anilines is 1. The van der Waals surface area contributed by atoms with E-state index in [0.717, 1.165) is 10.8 Å². The highest BCUT2D eigenvalue weighted by molar-refractivity contribution is 7.90. The number of nitrogens with zero attached hydrogens (tertiary/aromatic N) is 7. The Hall–Kier alpha value is -2.89. The van der Waals surface area contributed by atoms with Crippen LogP contribution in [0, 0.1) is 0 Å². The summed E-state index contributed by atoms with van der Waals surface area (Å²) < 4.78 is 29.0. The molecule has 0 atom stereocenters. The van der Waals surface area contributed by atoms with Crippen LogP contribution in [0.3, 0.4) is 0 Å². The molecule has 2 N–H and O–H groups in total. The van der Waals surface area contributed by atoms with Crippen LogP contribution < -0.4 is 10.5 Å². The van der Waals surface area contributed by atoms with Crippen molar-refractivity contribution in [2.24, 2.45) is 0 Å². The van der Waals surface area contributed by atoms with Gasteiger partial charge in [-0.25, -0.2) is 18.4 Å². The SMILES string of the molecule is COc1cnc(-c2nc3nc(S(C)(=O)=O)nc(N)n3n2)cn1. The lowest BCUT2D eigenvalue weighted by atomic mass is 10.4. The molecule has 0 unspecified atom stereocenters. The lowest BCUT2D eigenvalue weighted by Crippen LogP contribution is -2.11. The monoisotopic (exact) mass is 322 g/mol. The second-order valence-corrected chi connectivity index (χ2v) is 6.14. The molecule has 0 aromatic carbocycles. The second kappa shape index (κ2) is 4.84. The number of hydrogen-bond acceptors (Lipinski definition) is 10.